The van der Waals surface area contributed by atoms with E-state index in [1.54, 1.807) is 13.0 Å². The number of fused-ring (bicyclic) bond motifs is 1. The van der Waals surface area contributed by atoms with Gasteiger partial charge in [-0.3, -0.25) is 14.5 Å². The summed E-state index contributed by atoms with van der Waals surface area (Å²) >= 11 is 0. The number of ether oxygens (including phenoxy) is 1. The third kappa shape index (κ3) is 3.72. The summed E-state index contributed by atoms with van der Waals surface area (Å²) in [6, 6.07) is 15.0. The highest BCUT2D eigenvalue weighted by molar-refractivity contribution is 6.10. The Morgan fingerprint density at radius 3 is 2.42 bits per heavy atom. The summed E-state index contributed by atoms with van der Waals surface area (Å²) in [4.78, 5) is 26.2. The van der Waals surface area contributed by atoms with E-state index in [0.717, 1.165) is 0 Å². The van der Waals surface area contributed by atoms with E-state index in [4.69, 9.17) is 4.74 Å². The van der Waals surface area contributed by atoms with Gasteiger partial charge in [-0.1, -0.05) is 45.0 Å². The van der Waals surface area contributed by atoms with Gasteiger partial charge in [0.2, 0.25) is 5.91 Å². The minimum Gasteiger partial charge on any atom is -0.481 e. The highest BCUT2D eigenvalue weighted by Gasteiger charge is 2.30. The Labute approximate surface area is 154 Å². The number of benzene rings is 2. The van der Waals surface area contributed by atoms with Crippen LogP contribution in [0.1, 0.15) is 33.3 Å². The van der Waals surface area contributed by atoms with Crippen LogP contribution in [0.4, 0.5) is 11.4 Å². The number of carbonyl (C=O) groups excluding carboxylic acids is 2. The van der Waals surface area contributed by atoms with E-state index >= 15 is 0 Å². The molecule has 0 bridgehead atoms. The Morgan fingerprint density at radius 1 is 1.12 bits per heavy atom. The zero-order valence-corrected chi connectivity index (χ0v) is 15.6. The first kappa shape index (κ1) is 18.0. The van der Waals surface area contributed by atoms with Crippen LogP contribution in [0.25, 0.3) is 0 Å². The zero-order chi connectivity index (χ0) is 18.9. The molecule has 0 saturated heterocycles. The molecule has 2 aromatic carbocycles. The quantitative estimate of drug-likeness (QED) is 0.915. The molecule has 0 fully saturated rings. The molecule has 26 heavy (non-hydrogen) atoms. The minimum atomic E-state index is -0.700. The largest absolute Gasteiger partial charge is 0.481 e. The van der Waals surface area contributed by atoms with Crippen molar-refractivity contribution in [3.63, 3.8) is 0 Å². The third-order valence-electron chi connectivity index (χ3n) is 4.42. The zero-order valence-electron chi connectivity index (χ0n) is 15.6. The van der Waals surface area contributed by atoms with Gasteiger partial charge < -0.3 is 10.1 Å². The molecule has 2 amide bonds. The molecule has 136 valence electrons. The molecule has 1 N–H and O–H groups in total. The van der Waals surface area contributed by atoms with Gasteiger partial charge in [-0.05, 0) is 42.2 Å². The van der Waals surface area contributed by atoms with Crippen molar-refractivity contribution >= 4 is 23.2 Å². The van der Waals surface area contributed by atoms with Crippen LogP contribution in [-0.4, -0.2) is 24.5 Å². The molecule has 1 atom stereocenters. The molecule has 0 radical (unpaired) electrons. The van der Waals surface area contributed by atoms with Gasteiger partial charge in [-0.2, -0.15) is 0 Å². The summed E-state index contributed by atoms with van der Waals surface area (Å²) in [7, 11) is 0. The maximum atomic E-state index is 12.9. The van der Waals surface area contributed by atoms with Crippen molar-refractivity contribution < 1.29 is 14.3 Å². The standard InChI is InChI=1S/C21H24N2O3/c1-14(26-16-11-9-15(10-12-16)21(2,3)4)20(25)23-13-19(24)22-17-7-5-6-8-18(17)23/h5-12,14H,13H2,1-4H3,(H,22,24). The fourth-order valence-corrected chi connectivity index (χ4v) is 2.94. The van der Waals surface area contributed by atoms with Gasteiger partial charge in [0.15, 0.2) is 6.10 Å². The molecule has 0 aliphatic carbocycles. The lowest BCUT2D eigenvalue weighted by Gasteiger charge is -2.31. The minimum absolute atomic E-state index is 0.00743. The van der Waals surface area contributed by atoms with Crippen molar-refractivity contribution in [2.75, 3.05) is 16.8 Å². The van der Waals surface area contributed by atoms with Crippen molar-refractivity contribution in [2.45, 2.75) is 39.2 Å². The van der Waals surface area contributed by atoms with E-state index in [1.165, 1.54) is 10.5 Å². The van der Waals surface area contributed by atoms with Crippen LogP contribution in [-0.2, 0) is 15.0 Å². The Balaban J connectivity index is 1.75. The molecule has 0 spiro atoms. The number of para-hydroxylation sites is 2. The van der Waals surface area contributed by atoms with Gasteiger partial charge in [0.25, 0.3) is 5.91 Å². The first-order chi connectivity index (χ1) is 12.3. The van der Waals surface area contributed by atoms with Gasteiger partial charge in [-0.25, -0.2) is 0 Å². The Morgan fingerprint density at radius 2 is 1.77 bits per heavy atom. The van der Waals surface area contributed by atoms with Gasteiger partial charge >= 0.3 is 0 Å². The van der Waals surface area contributed by atoms with Gasteiger partial charge in [0, 0.05) is 0 Å². The molecule has 5 heteroatoms. The highest BCUT2D eigenvalue weighted by Crippen LogP contribution is 2.30. The number of rotatable bonds is 3. The van der Waals surface area contributed by atoms with E-state index in [0.29, 0.717) is 17.1 Å². The predicted octanol–water partition coefficient (Wildman–Crippen LogP) is 3.74. The first-order valence-electron chi connectivity index (χ1n) is 8.73. The summed E-state index contributed by atoms with van der Waals surface area (Å²) in [5.41, 5.74) is 2.59. The summed E-state index contributed by atoms with van der Waals surface area (Å²) in [6.45, 7) is 8.14. The van der Waals surface area contributed by atoms with Crippen LogP contribution < -0.4 is 15.0 Å². The monoisotopic (exact) mass is 352 g/mol. The number of carbonyl (C=O) groups is 2. The normalized spacial score (nSPS) is 15.1. The fourth-order valence-electron chi connectivity index (χ4n) is 2.94. The smallest absolute Gasteiger partial charge is 0.268 e. The van der Waals surface area contributed by atoms with E-state index in [-0.39, 0.29) is 23.8 Å². The Bertz CT molecular complexity index is 822. The second kappa shape index (κ2) is 6.83. The molecule has 1 unspecified atom stereocenters. The lowest BCUT2D eigenvalue weighted by atomic mass is 9.87. The average Bonchev–Trinajstić information content (AvgIpc) is 2.60. The summed E-state index contributed by atoms with van der Waals surface area (Å²) < 4.78 is 5.82. The maximum absolute atomic E-state index is 12.9. The molecule has 3 rings (SSSR count). The van der Waals surface area contributed by atoms with Crippen molar-refractivity contribution in [1.29, 1.82) is 0 Å². The Kier molecular flexibility index (Phi) is 4.72. The van der Waals surface area contributed by atoms with Crippen molar-refractivity contribution in [2.24, 2.45) is 0 Å². The number of anilines is 2. The summed E-state index contributed by atoms with van der Waals surface area (Å²) in [5.74, 6) is 0.180. The molecular weight excluding hydrogens is 328 g/mol. The van der Waals surface area contributed by atoms with Crippen LogP contribution in [0.15, 0.2) is 48.5 Å². The molecule has 1 aliphatic heterocycles. The molecule has 5 nitrogen and oxygen atoms in total. The molecule has 1 aliphatic rings. The van der Waals surface area contributed by atoms with Crippen molar-refractivity contribution in [1.82, 2.24) is 0 Å². The van der Waals surface area contributed by atoms with E-state index in [1.807, 2.05) is 42.5 Å². The highest BCUT2D eigenvalue weighted by atomic mass is 16.5. The number of nitrogens with zero attached hydrogens (tertiary/aromatic N) is 1. The molecule has 1 heterocycles. The average molecular weight is 352 g/mol. The van der Waals surface area contributed by atoms with Crippen LogP contribution in [0.2, 0.25) is 0 Å². The van der Waals surface area contributed by atoms with E-state index in [9.17, 15) is 9.59 Å². The number of amides is 2. The van der Waals surface area contributed by atoms with Crippen LogP contribution in [0.5, 0.6) is 5.75 Å². The number of hydrogen-bond acceptors (Lipinski definition) is 3. The van der Waals surface area contributed by atoms with E-state index in [2.05, 4.69) is 26.1 Å². The van der Waals surface area contributed by atoms with Gasteiger partial charge in [0.1, 0.15) is 12.3 Å². The van der Waals surface area contributed by atoms with E-state index < -0.39 is 6.10 Å². The summed E-state index contributed by atoms with van der Waals surface area (Å²) in [5, 5.41) is 2.78. The topological polar surface area (TPSA) is 58.6 Å². The van der Waals surface area contributed by atoms with Crippen LogP contribution >= 0.6 is 0 Å². The second-order valence-electron chi connectivity index (χ2n) is 7.52. The predicted molar refractivity (Wildman–Crippen MR) is 103 cm³/mol. The second-order valence-corrected chi connectivity index (χ2v) is 7.52. The van der Waals surface area contributed by atoms with Crippen LogP contribution in [0, 0.1) is 0 Å². The summed E-state index contributed by atoms with van der Waals surface area (Å²) in [6.07, 6.45) is -0.700. The van der Waals surface area contributed by atoms with Gasteiger partial charge in [0.05, 0.1) is 11.4 Å². The van der Waals surface area contributed by atoms with Crippen LogP contribution in [0.3, 0.4) is 0 Å². The van der Waals surface area contributed by atoms with Crippen molar-refractivity contribution in [3.8, 4) is 5.75 Å². The maximum Gasteiger partial charge on any atom is 0.268 e. The molecule has 0 aromatic heterocycles. The molecule has 2 aromatic rings. The number of hydrogen-bond donors (Lipinski definition) is 1. The third-order valence-corrected chi connectivity index (χ3v) is 4.42. The molecular formula is C21H24N2O3. The lowest BCUT2D eigenvalue weighted by Crippen LogP contribution is -2.47. The fraction of sp³-hybridized carbons (Fsp3) is 0.333. The van der Waals surface area contributed by atoms with Gasteiger partial charge in [-0.15, -0.1) is 0 Å². The lowest BCUT2D eigenvalue weighted by molar-refractivity contribution is -0.126. The SMILES string of the molecule is CC(Oc1ccc(C(C)(C)C)cc1)C(=O)N1CC(=O)Nc2ccccc21. The molecule has 0 saturated carbocycles. The van der Waals surface area contributed by atoms with Crippen molar-refractivity contribution in [3.05, 3.63) is 54.1 Å². The Hall–Kier alpha value is -2.82. The number of nitrogens with one attached hydrogen (secondary N) is 1. The first-order valence-corrected chi connectivity index (χ1v) is 8.73.